The van der Waals surface area contributed by atoms with Crippen LogP contribution >= 0.6 is 0 Å². The lowest BCUT2D eigenvalue weighted by Crippen LogP contribution is -2.23. The van der Waals surface area contributed by atoms with Gasteiger partial charge in [-0.05, 0) is 42.0 Å². The Morgan fingerprint density at radius 3 is 2.54 bits per heavy atom. The lowest BCUT2D eigenvalue weighted by Gasteiger charge is -2.08. The molecule has 0 aliphatic carbocycles. The van der Waals surface area contributed by atoms with Gasteiger partial charge in [-0.1, -0.05) is 12.1 Å². The molecule has 0 bridgehead atoms. The number of oxazole rings is 1. The highest BCUT2D eigenvalue weighted by atomic mass is 32.2. The Bertz CT molecular complexity index is 1180. The predicted octanol–water partition coefficient (Wildman–Crippen LogP) is 3.78. The summed E-state index contributed by atoms with van der Waals surface area (Å²) < 4.78 is 38.3. The highest BCUT2D eigenvalue weighted by Gasteiger charge is 2.15. The minimum absolute atomic E-state index is 0.142. The van der Waals surface area contributed by atoms with E-state index in [1.54, 1.807) is 67.9 Å². The van der Waals surface area contributed by atoms with Crippen LogP contribution < -0.4 is 4.72 Å². The maximum Gasteiger partial charge on any atom is 0.240 e. The summed E-state index contributed by atoms with van der Waals surface area (Å²) in [5.41, 5.74) is 2.87. The summed E-state index contributed by atoms with van der Waals surface area (Å²) in [5, 5.41) is 0. The predicted molar refractivity (Wildman–Crippen MR) is 103 cm³/mol. The fourth-order valence-electron chi connectivity index (χ4n) is 2.71. The Hall–Kier alpha value is -3.23. The normalized spacial score (nSPS) is 11.6. The van der Waals surface area contributed by atoms with Gasteiger partial charge in [-0.15, -0.1) is 0 Å². The Balaban J connectivity index is 1.48. The summed E-state index contributed by atoms with van der Waals surface area (Å²) in [7, 11) is -3.66. The summed E-state index contributed by atoms with van der Waals surface area (Å²) in [6.45, 7) is 1.89. The zero-order valence-electron chi connectivity index (χ0n) is 15.0. The Morgan fingerprint density at radius 2 is 1.86 bits per heavy atom. The van der Waals surface area contributed by atoms with Crippen LogP contribution in [-0.2, 0) is 16.6 Å². The van der Waals surface area contributed by atoms with Gasteiger partial charge >= 0.3 is 0 Å². The Morgan fingerprint density at radius 1 is 1.04 bits per heavy atom. The number of rotatable bonds is 6. The van der Waals surface area contributed by atoms with Gasteiger partial charge < -0.3 is 8.83 Å². The number of hydrogen-bond donors (Lipinski definition) is 1. The van der Waals surface area contributed by atoms with E-state index in [9.17, 15) is 8.42 Å². The van der Waals surface area contributed by atoms with Crippen LogP contribution in [0.3, 0.4) is 0 Å². The van der Waals surface area contributed by atoms with Crippen LogP contribution in [0.15, 0.2) is 81.0 Å². The van der Waals surface area contributed by atoms with Gasteiger partial charge in [0.15, 0.2) is 11.7 Å². The van der Waals surface area contributed by atoms with Gasteiger partial charge in [-0.25, -0.2) is 18.1 Å². The van der Waals surface area contributed by atoms with Crippen molar-refractivity contribution in [2.75, 3.05) is 0 Å². The second-order valence-electron chi connectivity index (χ2n) is 6.13. The molecule has 1 aromatic carbocycles. The lowest BCUT2D eigenvalue weighted by molar-refractivity contribution is 0.521. The van der Waals surface area contributed by atoms with Crippen molar-refractivity contribution < 1.29 is 17.3 Å². The van der Waals surface area contributed by atoms with E-state index >= 15 is 0 Å². The van der Waals surface area contributed by atoms with Gasteiger partial charge in [-0.3, -0.25) is 4.98 Å². The maximum atomic E-state index is 12.6. The van der Waals surface area contributed by atoms with Gasteiger partial charge in [0.05, 0.1) is 11.2 Å². The fraction of sp³-hybridized carbons (Fsp3) is 0.100. The number of sulfonamides is 1. The molecule has 0 aliphatic heterocycles. The largest absolute Gasteiger partial charge is 0.463 e. The monoisotopic (exact) mass is 395 g/mol. The SMILES string of the molecule is Cc1nc(-c2ccc(S(=O)(=O)NCc3ccnc(-c4ccco4)c3)cc2)co1. The van der Waals surface area contributed by atoms with Gasteiger partial charge in [0, 0.05) is 25.2 Å². The van der Waals surface area contributed by atoms with Gasteiger partial charge in [0.1, 0.15) is 17.7 Å². The van der Waals surface area contributed by atoms with Crippen molar-refractivity contribution in [3.63, 3.8) is 0 Å². The quantitative estimate of drug-likeness (QED) is 0.533. The molecule has 8 heteroatoms. The average molecular weight is 395 g/mol. The van der Waals surface area contributed by atoms with Crippen LogP contribution in [-0.4, -0.2) is 18.4 Å². The van der Waals surface area contributed by atoms with Crippen molar-refractivity contribution in [3.05, 3.63) is 78.7 Å². The third-order valence-corrected chi connectivity index (χ3v) is 5.56. The summed E-state index contributed by atoms with van der Waals surface area (Å²) >= 11 is 0. The first-order chi connectivity index (χ1) is 13.5. The van der Waals surface area contributed by atoms with Crippen LogP contribution in [0.1, 0.15) is 11.5 Å². The molecule has 0 saturated carbocycles. The van der Waals surface area contributed by atoms with Crippen molar-refractivity contribution in [1.29, 1.82) is 0 Å². The van der Waals surface area contributed by atoms with E-state index in [1.807, 2.05) is 0 Å². The number of aryl methyl sites for hydroxylation is 1. The highest BCUT2D eigenvalue weighted by molar-refractivity contribution is 7.89. The van der Waals surface area contributed by atoms with Crippen LogP contribution in [0.4, 0.5) is 0 Å². The van der Waals surface area contributed by atoms with E-state index in [-0.39, 0.29) is 11.4 Å². The molecule has 142 valence electrons. The van der Waals surface area contributed by atoms with Crippen LogP contribution in [0.2, 0.25) is 0 Å². The third-order valence-electron chi connectivity index (χ3n) is 4.14. The van der Waals surface area contributed by atoms with E-state index in [0.717, 1.165) is 11.1 Å². The molecule has 0 radical (unpaired) electrons. The number of benzene rings is 1. The van der Waals surface area contributed by atoms with Crippen LogP contribution in [0.25, 0.3) is 22.7 Å². The molecule has 28 heavy (non-hydrogen) atoms. The molecule has 0 saturated heterocycles. The number of aromatic nitrogens is 2. The topological polar surface area (TPSA) is 98.2 Å². The number of pyridine rings is 1. The van der Waals surface area contributed by atoms with Gasteiger partial charge in [0.2, 0.25) is 10.0 Å². The van der Waals surface area contributed by atoms with Gasteiger partial charge in [0.25, 0.3) is 0 Å². The molecular formula is C20H17N3O4S. The molecule has 0 amide bonds. The highest BCUT2D eigenvalue weighted by Crippen LogP contribution is 2.21. The second-order valence-corrected chi connectivity index (χ2v) is 7.89. The summed E-state index contributed by atoms with van der Waals surface area (Å²) in [6, 6.07) is 13.6. The molecule has 0 atom stereocenters. The van der Waals surface area contributed by atoms with E-state index in [1.165, 1.54) is 6.26 Å². The van der Waals surface area contributed by atoms with E-state index in [4.69, 9.17) is 8.83 Å². The van der Waals surface area contributed by atoms with Crippen molar-refractivity contribution in [1.82, 2.24) is 14.7 Å². The van der Waals surface area contributed by atoms with Crippen molar-refractivity contribution in [3.8, 4) is 22.7 Å². The molecular weight excluding hydrogens is 378 g/mol. The zero-order chi connectivity index (χ0) is 19.6. The number of hydrogen-bond acceptors (Lipinski definition) is 6. The number of nitrogens with zero attached hydrogens (tertiary/aromatic N) is 2. The zero-order valence-corrected chi connectivity index (χ0v) is 15.8. The second kappa shape index (κ2) is 7.41. The number of nitrogens with one attached hydrogen (secondary N) is 1. The molecule has 0 unspecified atom stereocenters. The van der Waals surface area contributed by atoms with E-state index < -0.39 is 10.0 Å². The summed E-state index contributed by atoms with van der Waals surface area (Å²) in [4.78, 5) is 8.65. The van der Waals surface area contributed by atoms with Crippen molar-refractivity contribution in [2.45, 2.75) is 18.4 Å². The lowest BCUT2D eigenvalue weighted by atomic mass is 10.2. The first-order valence-electron chi connectivity index (χ1n) is 8.52. The molecule has 0 spiro atoms. The summed E-state index contributed by atoms with van der Waals surface area (Å²) in [5.74, 6) is 1.18. The van der Waals surface area contributed by atoms with E-state index in [2.05, 4.69) is 14.7 Å². The van der Waals surface area contributed by atoms with Crippen molar-refractivity contribution in [2.24, 2.45) is 0 Å². The molecule has 1 N–H and O–H groups in total. The molecule has 0 fully saturated rings. The smallest absolute Gasteiger partial charge is 0.240 e. The van der Waals surface area contributed by atoms with E-state index in [0.29, 0.717) is 23.0 Å². The average Bonchev–Trinajstić information content (AvgIpc) is 3.39. The molecule has 3 aromatic heterocycles. The van der Waals surface area contributed by atoms with Gasteiger partial charge in [-0.2, -0.15) is 0 Å². The van der Waals surface area contributed by atoms with Crippen molar-refractivity contribution >= 4 is 10.0 Å². The molecule has 3 heterocycles. The summed E-state index contributed by atoms with van der Waals surface area (Å²) in [6.07, 6.45) is 4.73. The molecule has 4 aromatic rings. The maximum absolute atomic E-state index is 12.6. The standard InChI is InChI=1S/C20H17N3O4S/c1-14-23-19(13-27-14)16-4-6-17(7-5-16)28(24,25)22-12-15-8-9-21-18(11-15)20-3-2-10-26-20/h2-11,13,22H,12H2,1H3. The fourth-order valence-corrected chi connectivity index (χ4v) is 3.72. The number of furan rings is 1. The molecule has 0 aliphatic rings. The first kappa shape index (κ1) is 18.1. The van der Waals surface area contributed by atoms with Crippen LogP contribution in [0.5, 0.6) is 0 Å². The minimum Gasteiger partial charge on any atom is -0.463 e. The third kappa shape index (κ3) is 3.88. The minimum atomic E-state index is -3.66. The molecule has 4 rings (SSSR count). The molecule has 7 nitrogen and oxygen atoms in total. The van der Waals surface area contributed by atoms with Crippen LogP contribution in [0, 0.1) is 6.92 Å². The Labute approximate surface area is 162 Å². The first-order valence-corrected chi connectivity index (χ1v) is 10.0. The Kier molecular flexibility index (Phi) is 4.81.